The van der Waals surface area contributed by atoms with Crippen molar-refractivity contribution in [3.05, 3.63) is 59.4 Å². The number of hydrogen-bond donors (Lipinski definition) is 1. The SMILES string of the molecule is O=C(O)Cc1c(-c2cccc(F)c2)cccc1C(F)(F)F. The van der Waals surface area contributed by atoms with Crippen LogP contribution >= 0.6 is 0 Å². The van der Waals surface area contributed by atoms with Crippen molar-refractivity contribution in [2.45, 2.75) is 12.6 Å². The summed E-state index contributed by atoms with van der Waals surface area (Å²) in [5.74, 6) is -1.99. The van der Waals surface area contributed by atoms with Crippen LogP contribution in [0.4, 0.5) is 17.6 Å². The third-order valence-electron chi connectivity index (χ3n) is 2.95. The van der Waals surface area contributed by atoms with Crippen LogP contribution in [0.3, 0.4) is 0 Å². The number of benzene rings is 2. The van der Waals surface area contributed by atoms with E-state index in [4.69, 9.17) is 5.11 Å². The van der Waals surface area contributed by atoms with Crippen LogP contribution in [-0.2, 0) is 17.4 Å². The lowest BCUT2D eigenvalue weighted by Crippen LogP contribution is -2.13. The minimum atomic E-state index is -4.67. The Morgan fingerprint density at radius 2 is 1.76 bits per heavy atom. The second kappa shape index (κ2) is 5.55. The number of alkyl halides is 3. The fourth-order valence-electron chi connectivity index (χ4n) is 2.12. The summed E-state index contributed by atoms with van der Waals surface area (Å²) in [6, 6.07) is 8.37. The number of carbonyl (C=O) groups is 1. The third-order valence-corrected chi connectivity index (χ3v) is 2.95. The smallest absolute Gasteiger partial charge is 0.416 e. The molecule has 0 saturated heterocycles. The molecule has 2 nitrogen and oxygen atoms in total. The molecule has 0 amide bonds. The van der Waals surface area contributed by atoms with Crippen LogP contribution in [-0.4, -0.2) is 11.1 Å². The molecule has 2 aromatic rings. The summed E-state index contributed by atoms with van der Waals surface area (Å²) in [5.41, 5.74) is -1.13. The Hall–Kier alpha value is -2.37. The number of carboxylic acids is 1. The summed E-state index contributed by atoms with van der Waals surface area (Å²) < 4.78 is 52.3. The van der Waals surface area contributed by atoms with Gasteiger partial charge in [0.1, 0.15) is 5.82 Å². The molecule has 2 rings (SSSR count). The molecule has 110 valence electrons. The fraction of sp³-hybridized carbons (Fsp3) is 0.133. The quantitative estimate of drug-likeness (QED) is 0.865. The Balaban J connectivity index is 2.68. The molecule has 0 aliphatic rings. The van der Waals surface area contributed by atoms with Crippen LogP contribution in [0, 0.1) is 5.82 Å². The van der Waals surface area contributed by atoms with Crippen molar-refractivity contribution in [2.75, 3.05) is 0 Å². The first-order valence-corrected chi connectivity index (χ1v) is 5.96. The van der Waals surface area contributed by atoms with E-state index in [1.54, 1.807) is 0 Å². The Bertz CT molecular complexity index is 678. The summed E-state index contributed by atoms with van der Waals surface area (Å²) in [6.07, 6.45) is -5.46. The van der Waals surface area contributed by atoms with Crippen molar-refractivity contribution < 1.29 is 27.5 Å². The summed E-state index contributed by atoms with van der Waals surface area (Å²) >= 11 is 0. The van der Waals surface area contributed by atoms with Crippen molar-refractivity contribution in [1.29, 1.82) is 0 Å². The van der Waals surface area contributed by atoms with Gasteiger partial charge in [0.15, 0.2) is 0 Å². The van der Waals surface area contributed by atoms with Crippen LogP contribution in [0.25, 0.3) is 11.1 Å². The van der Waals surface area contributed by atoms with Gasteiger partial charge in [0, 0.05) is 0 Å². The number of hydrogen-bond acceptors (Lipinski definition) is 1. The van der Waals surface area contributed by atoms with Gasteiger partial charge in [0.25, 0.3) is 0 Å². The normalized spacial score (nSPS) is 11.4. The van der Waals surface area contributed by atoms with Gasteiger partial charge in [0.2, 0.25) is 0 Å². The number of carboxylic acid groups (broad SMARTS) is 1. The van der Waals surface area contributed by atoms with Crippen LogP contribution < -0.4 is 0 Å². The van der Waals surface area contributed by atoms with Crippen LogP contribution in [0.2, 0.25) is 0 Å². The zero-order valence-corrected chi connectivity index (χ0v) is 10.6. The van der Waals surface area contributed by atoms with Gasteiger partial charge in [-0.3, -0.25) is 4.79 Å². The number of rotatable bonds is 3. The molecule has 0 aliphatic carbocycles. The summed E-state index contributed by atoms with van der Waals surface area (Å²) in [5, 5.41) is 8.84. The van der Waals surface area contributed by atoms with Crippen molar-refractivity contribution in [1.82, 2.24) is 0 Å². The van der Waals surface area contributed by atoms with E-state index in [-0.39, 0.29) is 16.7 Å². The fourth-order valence-corrected chi connectivity index (χ4v) is 2.12. The molecule has 0 bridgehead atoms. The van der Waals surface area contributed by atoms with Crippen LogP contribution in [0.15, 0.2) is 42.5 Å². The van der Waals surface area contributed by atoms with Gasteiger partial charge in [-0.1, -0.05) is 24.3 Å². The highest BCUT2D eigenvalue weighted by molar-refractivity contribution is 5.78. The van der Waals surface area contributed by atoms with E-state index < -0.39 is 29.9 Å². The Morgan fingerprint density at radius 1 is 1.10 bits per heavy atom. The standard InChI is InChI=1S/C15H10F4O2/c16-10-4-1-3-9(7-10)11-5-2-6-13(15(17,18)19)12(11)8-14(20)21/h1-7H,8H2,(H,20,21). The van der Waals surface area contributed by atoms with E-state index in [9.17, 15) is 22.4 Å². The first kappa shape index (κ1) is 15.0. The Labute approximate surface area is 117 Å². The highest BCUT2D eigenvalue weighted by Gasteiger charge is 2.34. The molecule has 0 fully saturated rings. The molecule has 0 unspecified atom stereocenters. The van der Waals surface area contributed by atoms with Gasteiger partial charge in [0.05, 0.1) is 12.0 Å². The summed E-state index contributed by atoms with van der Waals surface area (Å²) in [7, 11) is 0. The van der Waals surface area contributed by atoms with Gasteiger partial charge in [-0.2, -0.15) is 13.2 Å². The van der Waals surface area contributed by atoms with E-state index in [1.807, 2.05) is 0 Å². The summed E-state index contributed by atoms with van der Waals surface area (Å²) in [4.78, 5) is 10.9. The maximum Gasteiger partial charge on any atom is 0.416 e. The van der Waals surface area contributed by atoms with Gasteiger partial charge < -0.3 is 5.11 Å². The van der Waals surface area contributed by atoms with E-state index in [0.29, 0.717) is 0 Å². The van der Waals surface area contributed by atoms with Gasteiger partial charge >= 0.3 is 12.1 Å². The molecule has 0 spiro atoms. The predicted octanol–water partition coefficient (Wildman–Crippen LogP) is 4.14. The molecule has 1 N–H and O–H groups in total. The molecule has 21 heavy (non-hydrogen) atoms. The molecule has 0 aromatic heterocycles. The second-order valence-corrected chi connectivity index (χ2v) is 4.41. The number of aliphatic carboxylic acids is 1. The molecule has 0 radical (unpaired) electrons. The first-order valence-electron chi connectivity index (χ1n) is 5.96. The molecular formula is C15H10F4O2. The average molecular weight is 298 g/mol. The van der Waals surface area contributed by atoms with Crippen molar-refractivity contribution in [3.63, 3.8) is 0 Å². The second-order valence-electron chi connectivity index (χ2n) is 4.41. The molecule has 0 atom stereocenters. The minimum absolute atomic E-state index is 0.0618. The minimum Gasteiger partial charge on any atom is -0.481 e. The van der Waals surface area contributed by atoms with Gasteiger partial charge in [-0.25, -0.2) is 4.39 Å². The monoisotopic (exact) mass is 298 g/mol. The lowest BCUT2D eigenvalue weighted by molar-refractivity contribution is -0.139. The first-order chi connectivity index (χ1) is 9.79. The van der Waals surface area contributed by atoms with E-state index in [2.05, 4.69) is 0 Å². The van der Waals surface area contributed by atoms with Gasteiger partial charge in [-0.05, 0) is 34.9 Å². The predicted molar refractivity (Wildman–Crippen MR) is 68.2 cm³/mol. The van der Waals surface area contributed by atoms with E-state index >= 15 is 0 Å². The lowest BCUT2D eigenvalue weighted by Gasteiger charge is -2.16. The van der Waals surface area contributed by atoms with E-state index in [1.165, 1.54) is 24.3 Å². The zero-order chi connectivity index (χ0) is 15.6. The van der Waals surface area contributed by atoms with Crippen LogP contribution in [0.1, 0.15) is 11.1 Å². The van der Waals surface area contributed by atoms with Crippen molar-refractivity contribution in [3.8, 4) is 11.1 Å². The average Bonchev–Trinajstić information content (AvgIpc) is 2.37. The third kappa shape index (κ3) is 3.39. The van der Waals surface area contributed by atoms with Gasteiger partial charge in [-0.15, -0.1) is 0 Å². The van der Waals surface area contributed by atoms with Crippen LogP contribution in [0.5, 0.6) is 0 Å². The maximum absolute atomic E-state index is 13.2. The highest BCUT2D eigenvalue weighted by Crippen LogP contribution is 2.37. The Morgan fingerprint density at radius 3 is 2.33 bits per heavy atom. The van der Waals surface area contributed by atoms with E-state index in [0.717, 1.165) is 18.2 Å². The molecular weight excluding hydrogens is 288 g/mol. The summed E-state index contributed by atoms with van der Waals surface area (Å²) in [6.45, 7) is 0. The maximum atomic E-state index is 13.2. The number of halogens is 4. The largest absolute Gasteiger partial charge is 0.481 e. The molecule has 0 saturated carbocycles. The zero-order valence-electron chi connectivity index (χ0n) is 10.6. The molecule has 0 heterocycles. The van der Waals surface area contributed by atoms with Crippen molar-refractivity contribution in [2.24, 2.45) is 0 Å². The Kier molecular flexibility index (Phi) is 3.97. The molecule has 0 aliphatic heterocycles. The topological polar surface area (TPSA) is 37.3 Å². The molecule has 2 aromatic carbocycles. The lowest BCUT2D eigenvalue weighted by atomic mass is 9.93. The van der Waals surface area contributed by atoms with Crippen molar-refractivity contribution >= 4 is 5.97 Å². The highest BCUT2D eigenvalue weighted by atomic mass is 19.4. The molecule has 6 heteroatoms.